The molecule has 0 bridgehead atoms. The Labute approximate surface area is 113 Å². The Morgan fingerprint density at radius 3 is 2.63 bits per heavy atom. The number of hydrogen-bond acceptors (Lipinski definition) is 4. The van der Waals surface area contributed by atoms with Crippen LogP contribution in [0.15, 0.2) is 18.2 Å². The van der Waals surface area contributed by atoms with Crippen LogP contribution in [0.2, 0.25) is 0 Å². The Hall–Kier alpha value is -2.22. The minimum absolute atomic E-state index is 0.00612. The molecule has 1 aromatic carbocycles. The van der Waals surface area contributed by atoms with Gasteiger partial charge in [-0.3, -0.25) is 4.79 Å². The van der Waals surface area contributed by atoms with Crippen molar-refractivity contribution >= 4 is 5.91 Å². The molecule has 0 spiro atoms. The van der Waals surface area contributed by atoms with E-state index in [0.29, 0.717) is 30.1 Å². The average molecular weight is 262 g/mol. The second-order valence-electron chi connectivity index (χ2n) is 4.09. The van der Waals surface area contributed by atoms with E-state index >= 15 is 0 Å². The molecule has 0 unspecified atom stereocenters. The highest BCUT2D eigenvalue weighted by molar-refractivity contribution is 5.75. The number of nitrogens with zero attached hydrogens (tertiary/aromatic N) is 2. The molecule has 1 rings (SSSR count). The lowest BCUT2D eigenvalue weighted by Crippen LogP contribution is -2.23. The minimum atomic E-state index is 0.00612. The molecular weight excluding hydrogens is 244 g/mol. The van der Waals surface area contributed by atoms with Gasteiger partial charge in [0.25, 0.3) is 0 Å². The van der Waals surface area contributed by atoms with E-state index in [4.69, 9.17) is 14.7 Å². The molecule has 0 saturated carbocycles. The third kappa shape index (κ3) is 4.51. The molecular formula is C14H18N2O3. The summed E-state index contributed by atoms with van der Waals surface area (Å²) >= 11 is 0. The second-order valence-corrected chi connectivity index (χ2v) is 4.09. The van der Waals surface area contributed by atoms with Crippen LogP contribution < -0.4 is 9.47 Å². The van der Waals surface area contributed by atoms with Crippen molar-refractivity contribution in [1.82, 2.24) is 4.90 Å². The molecule has 0 aromatic heterocycles. The van der Waals surface area contributed by atoms with Crippen molar-refractivity contribution < 1.29 is 14.3 Å². The third-order valence-corrected chi connectivity index (χ3v) is 2.44. The van der Waals surface area contributed by atoms with Crippen LogP contribution in [0.3, 0.4) is 0 Å². The number of ether oxygens (including phenoxy) is 2. The van der Waals surface area contributed by atoms with E-state index in [2.05, 4.69) is 0 Å². The first-order valence-corrected chi connectivity index (χ1v) is 6.08. The molecule has 5 nitrogen and oxygen atoms in total. The summed E-state index contributed by atoms with van der Waals surface area (Å²) < 4.78 is 10.9. The second kappa shape index (κ2) is 7.27. The number of hydrogen-bond donors (Lipinski definition) is 0. The van der Waals surface area contributed by atoms with Gasteiger partial charge in [0.2, 0.25) is 5.91 Å². The van der Waals surface area contributed by atoms with Crippen molar-refractivity contribution in [3.8, 4) is 17.6 Å². The zero-order valence-electron chi connectivity index (χ0n) is 11.5. The quantitative estimate of drug-likeness (QED) is 0.784. The summed E-state index contributed by atoms with van der Waals surface area (Å²) in [6.45, 7) is 2.63. The summed E-state index contributed by atoms with van der Waals surface area (Å²) in [5, 5.41) is 8.83. The van der Waals surface area contributed by atoms with Crippen LogP contribution in [0.4, 0.5) is 0 Å². The molecule has 0 radical (unpaired) electrons. The Morgan fingerprint density at radius 1 is 1.32 bits per heavy atom. The van der Waals surface area contributed by atoms with Gasteiger partial charge in [-0.15, -0.1) is 0 Å². The largest absolute Gasteiger partial charge is 0.490 e. The summed E-state index contributed by atoms with van der Waals surface area (Å²) in [6, 6.07) is 7.02. The molecule has 0 fully saturated rings. The standard InChI is InChI=1S/C14H18N2O3/c1-4-18-13-9-11(10-15)5-6-12(13)19-8-7-14(17)16(2)3/h5-6,9H,4,7-8H2,1-3H3. The fourth-order valence-electron chi connectivity index (χ4n) is 1.44. The average Bonchev–Trinajstić information content (AvgIpc) is 2.40. The zero-order valence-corrected chi connectivity index (χ0v) is 11.5. The number of amides is 1. The van der Waals surface area contributed by atoms with Gasteiger partial charge in [0.15, 0.2) is 11.5 Å². The van der Waals surface area contributed by atoms with Crippen LogP contribution >= 0.6 is 0 Å². The summed E-state index contributed by atoms with van der Waals surface area (Å²) in [5.74, 6) is 1.08. The van der Waals surface area contributed by atoms with E-state index in [9.17, 15) is 4.79 Å². The van der Waals surface area contributed by atoms with Gasteiger partial charge >= 0.3 is 0 Å². The van der Waals surface area contributed by atoms with Gasteiger partial charge in [-0.25, -0.2) is 0 Å². The maximum Gasteiger partial charge on any atom is 0.225 e. The first kappa shape index (κ1) is 14.8. The molecule has 1 aromatic rings. The van der Waals surface area contributed by atoms with E-state index in [1.54, 1.807) is 32.3 Å². The van der Waals surface area contributed by atoms with Crippen molar-refractivity contribution in [2.45, 2.75) is 13.3 Å². The highest BCUT2D eigenvalue weighted by atomic mass is 16.5. The molecule has 102 valence electrons. The fraction of sp³-hybridized carbons (Fsp3) is 0.429. The van der Waals surface area contributed by atoms with Crippen molar-refractivity contribution in [2.24, 2.45) is 0 Å². The smallest absolute Gasteiger partial charge is 0.225 e. The van der Waals surface area contributed by atoms with Crippen molar-refractivity contribution in [3.63, 3.8) is 0 Å². The van der Waals surface area contributed by atoms with Crippen molar-refractivity contribution in [2.75, 3.05) is 27.3 Å². The van der Waals surface area contributed by atoms with E-state index < -0.39 is 0 Å². The maximum absolute atomic E-state index is 11.4. The Bertz CT molecular complexity index is 478. The van der Waals surface area contributed by atoms with Crippen LogP contribution in [0.5, 0.6) is 11.5 Å². The molecule has 0 aliphatic heterocycles. The minimum Gasteiger partial charge on any atom is -0.490 e. The number of nitriles is 1. The van der Waals surface area contributed by atoms with Gasteiger partial charge in [-0.2, -0.15) is 5.26 Å². The lowest BCUT2D eigenvalue weighted by Gasteiger charge is -2.13. The number of carbonyl (C=O) groups is 1. The van der Waals surface area contributed by atoms with Gasteiger partial charge in [0.05, 0.1) is 31.3 Å². The predicted octanol–water partition coefficient (Wildman–Crippen LogP) is 1.81. The van der Waals surface area contributed by atoms with Crippen LogP contribution in [-0.2, 0) is 4.79 Å². The summed E-state index contributed by atoms with van der Waals surface area (Å²) in [6.07, 6.45) is 0.304. The molecule has 0 N–H and O–H groups in total. The molecule has 19 heavy (non-hydrogen) atoms. The van der Waals surface area contributed by atoms with Gasteiger partial charge in [-0.1, -0.05) is 0 Å². The molecule has 5 heteroatoms. The van der Waals surface area contributed by atoms with E-state index in [1.807, 2.05) is 13.0 Å². The SMILES string of the molecule is CCOc1cc(C#N)ccc1OCCC(=O)N(C)C. The highest BCUT2D eigenvalue weighted by Crippen LogP contribution is 2.28. The van der Waals surface area contributed by atoms with Crippen molar-refractivity contribution in [3.05, 3.63) is 23.8 Å². The summed E-state index contributed by atoms with van der Waals surface area (Å²) in [4.78, 5) is 12.9. The summed E-state index contributed by atoms with van der Waals surface area (Å²) in [7, 11) is 3.41. The highest BCUT2D eigenvalue weighted by Gasteiger charge is 2.08. The maximum atomic E-state index is 11.4. The topological polar surface area (TPSA) is 62.6 Å². The molecule has 0 aliphatic carbocycles. The Kier molecular flexibility index (Phi) is 5.68. The van der Waals surface area contributed by atoms with Crippen LogP contribution in [0.25, 0.3) is 0 Å². The van der Waals surface area contributed by atoms with Gasteiger partial charge in [0, 0.05) is 20.2 Å². The normalized spacial score (nSPS) is 9.58. The lowest BCUT2D eigenvalue weighted by molar-refractivity contribution is -0.129. The van der Waals surface area contributed by atoms with Crippen LogP contribution in [0, 0.1) is 11.3 Å². The van der Waals surface area contributed by atoms with Crippen LogP contribution in [0.1, 0.15) is 18.9 Å². The Morgan fingerprint density at radius 2 is 2.05 bits per heavy atom. The van der Waals surface area contributed by atoms with Gasteiger partial charge in [-0.05, 0) is 19.1 Å². The van der Waals surface area contributed by atoms with Gasteiger partial charge in [0.1, 0.15) is 0 Å². The summed E-state index contributed by atoms with van der Waals surface area (Å²) in [5.41, 5.74) is 0.514. The van der Waals surface area contributed by atoms with E-state index in [-0.39, 0.29) is 12.5 Å². The molecule has 0 heterocycles. The monoisotopic (exact) mass is 262 g/mol. The predicted molar refractivity (Wildman–Crippen MR) is 71.1 cm³/mol. The third-order valence-electron chi connectivity index (χ3n) is 2.44. The number of rotatable bonds is 6. The number of benzene rings is 1. The van der Waals surface area contributed by atoms with E-state index in [1.165, 1.54) is 4.90 Å². The number of carbonyl (C=O) groups excluding carboxylic acids is 1. The first-order valence-electron chi connectivity index (χ1n) is 6.08. The lowest BCUT2D eigenvalue weighted by atomic mass is 10.2. The molecule has 0 aliphatic rings. The van der Waals surface area contributed by atoms with E-state index in [0.717, 1.165) is 0 Å². The zero-order chi connectivity index (χ0) is 14.3. The van der Waals surface area contributed by atoms with Crippen molar-refractivity contribution in [1.29, 1.82) is 5.26 Å². The fourth-order valence-corrected chi connectivity index (χ4v) is 1.44. The first-order chi connectivity index (χ1) is 9.08. The Balaban J connectivity index is 2.67. The van der Waals surface area contributed by atoms with Crippen LogP contribution in [-0.4, -0.2) is 38.1 Å². The molecule has 0 atom stereocenters. The molecule has 0 saturated heterocycles. The molecule has 1 amide bonds. The van der Waals surface area contributed by atoms with Gasteiger partial charge < -0.3 is 14.4 Å².